The van der Waals surface area contributed by atoms with E-state index in [4.69, 9.17) is 4.74 Å². The average Bonchev–Trinajstić information content (AvgIpc) is 2.76. The fourth-order valence-corrected chi connectivity index (χ4v) is 3.65. The van der Waals surface area contributed by atoms with Crippen LogP contribution < -0.4 is 10.2 Å². The number of anilines is 2. The van der Waals surface area contributed by atoms with Crippen LogP contribution in [-0.2, 0) is 17.5 Å². The number of hydrogen-bond donors (Lipinski definition) is 1. The monoisotopic (exact) mass is 432 g/mol. The molecule has 1 fully saturated rings. The van der Waals surface area contributed by atoms with Crippen LogP contribution in [0.4, 0.5) is 24.9 Å². The Balaban J connectivity index is 1.70. The van der Waals surface area contributed by atoms with E-state index in [1.807, 2.05) is 0 Å². The van der Waals surface area contributed by atoms with E-state index in [1.54, 1.807) is 18.3 Å². The Bertz CT molecular complexity index is 1060. The molecule has 0 bridgehead atoms. The van der Waals surface area contributed by atoms with Crippen LogP contribution in [0.1, 0.15) is 25.1 Å². The topological polar surface area (TPSA) is 76.1 Å². The van der Waals surface area contributed by atoms with Crippen molar-refractivity contribution in [3.63, 3.8) is 0 Å². The lowest BCUT2D eigenvalue weighted by Gasteiger charge is -2.38. The van der Waals surface area contributed by atoms with E-state index in [2.05, 4.69) is 44.0 Å². The highest BCUT2D eigenvalue weighted by Gasteiger charge is 2.35. The Kier molecular flexibility index (Phi) is 5.90. The largest absolute Gasteiger partial charge is 0.433 e. The third kappa shape index (κ3) is 4.53. The predicted molar refractivity (Wildman–Crippen MR) is 111 cm³/mol. The molecule has 10 heteroatoms. The molecule has 1 atom stereocenters. The standard InChI is InChI=1S/C21H23F3N6O/c1-13(2)16-12-31-10-9-30(16)20-28-18-15(6-4-8-26-18)19(29-20)27-11-14-5-3-7-25-17(14)21(22,23)24/h3-8,13,16H,9-12H2,1-2H3,(H,26,27,28,29). The number of morpholine rings is 1. The van der Waals surface area contributed by atoms with Crippen molar-refractivity contribution in [3.8, 4) is 0 Å². The second-order valence-corrected chi connectivity index (χ2v) is 7.69. The number of rotatable bonds is 5. The molecule has 0 amide bonds. The summed E-state index contributed by atoms with van der Waals surface area (Å²) in [5, 5.41) is 3.69. The first-order valence-corrected chi connectivity index (χ1v) is 10.1. The van der Waals surface area contributed by atoms with Crippen LogP contribution in [-0.4, -0.2) is 45.7 Å². The van der Waals surface area contributed by atoms with E-state index in [1.165, 1.54) is 12.1 Å². The van der Waals surface area contributed by atoms with Crippen molar-refractivity contribution in [2.75, 3.05) is 30.0 Å². The molecule has 0 aliphatic carbocycles. The first kappa shape index (κ1) is 21.2. The minimum atomic E-state index is -4.53. The molecule has 0 spiro atoms. The summed E-state index contributed by atoms with van der Waals surface area (Å²) in [6, 6.07) is 6.52. The van der Waals surface area contributed by atoms with E-state index in [-0.39, 0.29) is 18.2 Å². The van der Waals surface area contributed by atoms with E-state index < -0.39 is 11.9 Å². The van der Waals surface area contributed by atoms with Gasteiger partial charge in [-0.25, -0.2) is 4.98 Å². The van der Waals surface area contributed by atoms with Crippen LogP contribution in [0.5, 0.6) is 0 Å². The summed E-state index contributed by atoms with van der Waals surface area (Å²) in [5.41, 5.74) is -0.392. The van der Waals surface area contributed by atoms with Gasteiger partial charge in [0.15, 0.2) is 5.65 Å². The van der Waals surface area contributed by atoms with Crippen molar-refractivity contribution in [2.24, 2.45) is 5.92 Å². The molecule has 31 heavy (non-hydrogen) atoms. The fraction of sp³-hybridized carbons (Fsp3) is 0.429. The maximum Gasteiger partial charge on any atom is 0.433 e. The highest BCUT2D eigenvalue weighted by atomic mass is 19.4. The van der Waals surface area contributed by atoms with Gasteiger partial charge in [-0.1, -0.05) is 19.9 Å². The van der Waals surface area contributed by atoms with Gasteiger partial charge in [-0.2, -0.15) is 23.1 Å². The predicted octanol–water partition coefficient (Wildman–Crippen LogP) is 3.91. The van der Waals surface area contributed by atoms with E-state index in [9.17, 15) is 13.2 Å². The van der Waals surface area contributed by atoms with Crippen molar-refractivity contribution in [3.05, 3.63) is 47.9 Å². The maximum atomic E-state index is 13.3. The summed E-state index contributed by atoms with van der Waals surface area (Å²) in [7, 11) is 0. The summed E-state index contributed by atoms with van der Waals surface area (Å²) in [5.74, 6) is 1.22. The SMILES string of the molecule is CC(C)C1COCCN1c1nc(NCc2cccnc2C(F)(F)F)c2cccnc2n1. The van der Waals surface area contributed by atoms with E-state index in [0.717, 1.165) is 6.20 Å². The molecule has 1 unspecified atom stereocenters. The van der Waals surface area contributed by atoms with Crippen molar-refractivity contribution in [1.82, 2.24) is 19.9 Å². The highest BCUT2D eigenvalue weighted by Crippen LogP contribution is 2.31. The zero-order valence-electron chi connectivity index (χ0n) is 17.2. The normalized spacial score (nSPS) is 17.4. The molecule has 4 rings (SSSR count). The summed E-state index contributed by atoms with van der Waals surface area (Å²) in [4.78, 5) is 19.2. The lowest BCUT2D eigenvalue weighted by Crippen LogP contribution is -2.49. The van der Waals surface area contributed by atoms with Gasteiger partial charge in [0.2, 0.25) is 5.95 Å². The first-order chi connectivity index (χ1) is 14.8. The van der Waals surface area contributed by atoms with Gasteiger partial charge in [-0.3, -0.25) is 4.98 Å². The fourth-order valence-electron chi connectivity index (χ4n) is 3.65. The molecule has 1 N–H and O–H groups in total. The number of ether oxygens (including phenoxy) is 1. The third-order valence-corrected chi connectivity index (χ3v) is 5.26. The van der Waals surface area contributed by atoms with Crippen molar-refractivity contribution < 1.29 is 17.9 Å². The Morgan fingerprint density at radius 2 is 1.94 bits per heavy atom. The average molecular weight is 432 g/mol. The number of fused-ring (bicyclic) bond motifs is 1. The second kappa shape index (κ2) is 8.62. The Labute approximate surface area is 177 Å². The minimum Gasteiger partial charge on any atom is -0.377 e. The van der Waals surface area contributed by atoms with Crippen LogP contribution in [0.3, 0.4) is 0 Å². The molecule has 3 aromatic heterocycles. The van der Waals surface area contributed by atoms with Crippen LogP contribution in [0.25, 0.3) is 11.0 Å². The molecule has 0 saturated carbocycles. The number of alkyl halides is 3. The molecule has 7 nitrogen and oxygen atoms in total. The Morgan fingerprint density at radius 1 is 1.16 bits per heavy atom. The molecule has 1 saturated heterocycles. The molecule has 1 aliphatic heterocycles. The lowest BCUT2D eigenvalue weighted by molar-refractivity contribution is -0.141. The van der Waals surface area contributed by atoms with Gasteiger partial charge in [0, 0.05) is 31.0 Å². The first-order valence-electron chi connectivity index (χ1n) is 10.1. The lowest BCUT2D eigenvalue weighted by atomic mass is 10.0. The Morgan fingerprint density at radius 3 is 2.71 bits per heavy atom. The van der Waals surface area contributed by atoms with Crippen LogP contribution in [0, 0.1) is 5.92 Å². The second-order valence-electron chi connectivity index (χ2n) is 7.69. The van der Waals surface area contributed by atoms with Crippen LogP contribution in [0.15, 0.2) is 36.7 Å². The van der Waals surface area contributed by atoms with Gasteiger partial charge < -0.3 is 15.0 Å². The van der Waals surface area contributed by atoms with E-state index >= 15 is 0 Å². The number of nitrogens with one attached hydrogen (secondary N) is 1. The smallest absolute Gasteiger partial charge is 0.377 e. The summed E-state index contributed by atoms with van der Waals surface area (Å²) < 4.78 is 45.5. The Hall–Kier alpha value is -3.01. The quantitative estimate of drug-likeness (QED) is 0.655. The summed E-state index contributed by atoms with van der Waals surface area (Å²) in [6.07, 6.45) is -1.76. The maximum absolute atomic E-state index is 13.3. The van der Waals surface area contributed by atoms with E-state index in [0.29, 0.717) is 48.5 Å². The zero-order valence-corrected chi connectivity index (χ0v) is 17.2. The molecule has 4 heterocycles. The minimum absolute atomic E-state index is 0.0404. The van der Waals surface area contributed by atoms with Crippen LogP contribution >= 0.6 is 0 Å². The number of nitrogens with zero attached hydrogens (tertiary/aromatic N) is 5. The van der Waals surface area contributed by atoms with Crippen molar-refractivity contribution in [1.29, 1.82) is 0 Å². The molecule has 3 aromatic rings. The molecular formula is C21H23F3N6O. The molecule has 0 radical (unpaired) electrons. The van der Waals surface area contributed by atoms with Crippen LogP contribution in [0.2, 0.25) is 0 Å². The van der Waals surface area contributed by atoms with Crippen molar-refractivity contribution in [2.45, 2.75) is 32.6 Å². The summed E-state index contributed by atoms with van der Waals surface area (Å²) in [6.45, 7) is 5.87. The van der Waals surface area contributed by atoms with Gasteiger partial charge in [-0.05, 0) is 24.1 Å². The van der Waals surface area contributed by atoms with Gasteiger partial charge in [0.1, 0.15) is 11.5 Å². The highest BCUT2D eigenvalue weighted by molar-refractivity contribution is 5.87. The van der Waals surface area contributed by atoms with Gasteiger partial charge in [0.25, 0.3) is 0 Å². The number of pyridine rings is 2. The van der Waals surface area contributed by atoms with Gasteiger partial charge in [-0.15, -0.1) is 0 Å². The number of halogens is 3. The van der Waals surface area contributed by atoms with Crippen molar-refractivity contribution >= 4 is 22.8 Å². The molecule has 164 valence electrons. The van der Waals surface area contributed by atoms with Gasteiger partial charge in [0.05, 0.1) is 24.6 Å². The third-order valence-electron chi connectivity index (χ3n) is 5.26. The number of hydrogen-bond acceptors (Lipinski definition) is 7. The molecule has 1 aliphatic rings. The summed E-state index contributed by atoms with van der Waals surface area (Å²) >= 11 is 0. The molecule has 0 aromatic carbocycles. The number of aromatic nitrogens is 4. The van der Waals surface area contributed by atoms with Gasteiger partial charge >= 0.3 is 6.18 Å². The molecular weight excluding hydrogens is 409 g/mol. The zero-order chi connectivity index (χ0) is 22.0.